The molecule has 0 aromatic rings. The van der Waals surface area contributed by atoms with E-state index in [0.717, 1.165) is 32.1 Å². The molecule has 1 heterocycles. The third-order valence-corrected chi connectivity index (χ3v) is 8.80. The number of alkyl halides is 2. The fraction of sp³-hybridized carbons (Fsp3) is 0.933. The fourth-order valence-electron chi connectivity index (χ4n) is 4.99. The van der Waals surface area contributed by atoms with Gasteiger partial charge < -0.3 is 9.84 Å². The van der Waals surface area contributed by atoms with Crippen molar-refractivity contribution in [3.8, 4) is 0 Å². The molecule has 1 aliphatic heterocycles. The molecule has 2 saturated carbocycles. The first kappa shape index (κ1) is 15.3. The van der Waals surface area contributed by atoms with E-state index >= 15 is 0 Å². The van der Waals surface area contributed by atoms with Crippen LogP contribution in [0.5, 0.6) is 0 Å². The molecule has 1 saturated heterocycles. The average molecular weight is 410 g/mol. The quantitative estimate of drug-likeness (QED) is 0.533. The Morgan fingerprint density at radius 2 is 2.05 bits per heavy atom. The summed E-state index contributed by atoms with van der Waals surface area (Å²) in [7, 11) is 0. The van der Waals surface area contributed by atoms with Crippen LogP contribution in [0.3, 0.4) is 0 Å². The third kappa shape index (κ3) is 1.95. The number of rotatable bonds is 1. The zero-order chi connectivity index (χ0) is 14.8. The van der Waals surface area contributed by atoms with Gasteiger partial charge in [0.2, 0.25) is 0 Å². The van der Waals surface area contributed by atoms with Gasteiger partial charge in [-0.25, -0.2) is 0 Å². The van der Waals surface area contributed by atoms with Crippen LogP contribution in [-0.4, -0.2) is 32.4 Å². The Bertz CT molecular complexity index is 439. The van der Waals surface area contributed by atoms with Crippen molar-refractivity contribution in [1.29, 1.82) is 0 Å². The summed E-state index contributed by atoms with van der Waals surface area (Å²) < 4.78 is 5.15. The lowest BCUT2D eigenvalue weighted by Gasteiger charge is -2.56. The lowest BCUT2D eigenvalue weighted by Crippen LogP contribution is -2.58. The van der Waals surface area contributed by atoms with Gasteiger partial charge in [0.15, 0.2) is 0 Å². The second-order valence-electron chi connectivity index (χ2n) is 7.35. The number of hydrogen-bond acceptors (Lipinski definition) is 3. The highest BCUT2D eigenvalue weighted by molar-refractivity contribution is 9.12. The van der Waals surface area contributed by atoms with Crippen LogP contribution in [0.4, 0.5) is 0 Å². The van der Waals surface area contributed by atoms with Gasteiger partial charge in [0, 0.05) is 17.2 Å². The van der Waals surface area contributed by atoms with Crippen molar-refractivity contribution in [1.82, 2.24) is 0 Å². The number of hydrogen-bond donors (Lipinski definition) is 1. The van der Waals surface area contributed by atoms with Crippen molar-refractivity contribution < 1.29 is 14.6 Å². The Kier molecular flexibility index (Phi) is 3.59. The number of halogens is 2. The molecule has 0 aromatic carbocycles. The van der Waals surface area contributed by atoms with Crippen LogP contribution < -0.4 is 0 Å². The maximum Gasteiger partial charge on any atom is 0.324 e. The van der Waals surface area contributed by atoms with Crippen molar-refractivity contribution in [2.75, 3.05) is 5.33 Å². The number of esters is 1. The number of aliphatic hydroxyl groups is 1. The van der Waals surface area contributed by atoms with Gasteiger partial charge in [-0.3, -0.25) is 4.79 Å². The van der Waals surface area contributed by atoms with Crippen molar-refractivity contribution >= 4 is 37.8 Å². The monoisotopic (exact) mass is 408 g/mol. The summed E-state index contributed by atoms with van der Waals surface area (Å²) in [5, 5.41) is 11.5. The van der Waals surface area contributed by atoms with Crippen LogP contribution in [0.2, 0.25) is 0 Å². The zero-order valence-corrected chi connectivity index (χ0v) is 15.2. The summed E-state index contributed by atoms with van der Waals surface area (Å²) in [6.07, 6.45) is 4.87. The molecule has 114 valence electrons. The molecule has 0 radical (unpaired) electrons. The zero-order valence-electron chi connectivity index (χ0n) is 12.0. The predicted molar refractivity (Wildman–Crippen MR) is 84.1 cm³/mol. The molecular weight excluding hydrogens is 388 g/mol. The van der Waals surface area contributed by atoms with Crippen molar-refractivity contribution in [3.05, 3.63) is 0 Å². The van der Waals surface area contributed by atoms with Gasteiger partial charge in [0.1, 0.15) is 10.4 Å². The topological polar surface area (TPSA) is 46.5 Å². The molecule has 5 heteroatoms. The second kappa shape index (κ2) is 4.69. The third-order valence-electron chi connectivity index (χ3n) is 5.97. The van der Waals surface area contributed by atoms with E-state index in [2.05, 4.69) is 38.8 Å². The Labute approximate surface area is 137 Å². The number of fused-ring (bicyclic) bond motifs is 3. The van der Waals surface area contributed by atoms with Crippen molar-refractivity contribution in [2.24, 2.45) is 17.3 Å². The Balaban J connectivity index is 2.00. The molecule has 0 amide bonds. The van der Waals surface area contributed by atoms with E-state index in [-0.39, 0.29) is 29.3 Å². The van der Waals surface area contributed by atoms with E-state index in [4.69, 9.17) is 4.74 Å². The molecule has 0 aromatic heterocycles. The Morgan fingerprint density at radius 3 is 2.70 bits per heavy atom. The van der Waals surface area contributed by atoms with Gasteiger partial charge in [-0.1, -0.05) is 45.2 Å². The van der Waals surface area contributed by atoms with Gasteiger partial charge in [0.05, 0.1) is 5.60 Å². The standard InChI is InChI=1S/C15H22Br2O3/c1-13-5-3-6-14(2,19)11(13)10-9(4-7-13)15(17,8-16)12(18)20-10/h9-11,19H,3-8H2,1-2H3/t9-,10+,11-,13-,14-,15-/m1/s1. The number of ether oxygens (including phenoxy) is 1. The average Bonchev–Trinajstić information content (AvgIpc) is 2.60. The Morgan fingerprint density at radius 1 is 1.35 bits per heavy atom. The summed E-state index contributed by atoms with van der Waals surface area (Å²) in [5.74, 6) is 0.0250. The molecule has 0 bridgehead atoms. The van der Waals surface area contributed by atoms with E-state index in [0.29, 0.717) is 5.33 Å². The maximum absolute atomic E-state index is 12.3. The van der Waals surface area contributed by atoms with E-state index in [1.54, 1.807) is 0 Å². The first-order valence-corrected chi connectivity index (χ1v) is 9.34. The minimum atomic E-state index is -0.735. The van der Waals surface area contributed by atoms with Gasteiger partial charge >= 0.3 is 5.97 Å². The van der Waals surface area contributed by atoms with Crippen LogP contribution in [0.1, 0.15) is 46.0 Å². The summed E-state index contributed by atoms with van der Waals surface area (Å²) >= 11 is 7.08. The number of carbonyl (C=O) groups excluding carboxylic acids is 1. The molecule has 3 fully saturated rings. The number of carbonyl (C=O) groups is 1. The van der Waals surface area contributed by atoms with E-state index in [1.165, 1.54) is 0 Å². The summed E-state index contributed by atoms with van der Waals surface area (Å²) in [6, 6.07) is 0. The molecule has 6 atom stereocenters. The minimum absolute atomic E-state index is 0.0462. The summed E-state index contributed by atoms with van der Waals surface area (Å²) in [4.78, 5) is 12.3. The highest BCUT2D eigenvalue weighted by Crippen LogP contribution is 2.61. The molecule has 1 N–H and O–H groups in total. The van der Waals surface area contributed by atoms with Crippen LogP contribution in [-0.2, 0) is 9.53 Å². The summed E-state index contributed by atoms with van der Waals surface area (Å²) in [6.45, 7) is 4.19. The lowest BCUT2D eigenvalue weighted by molar-refractivity contribution is -0.181. The largest absolute Gasteiger partial charge is 0.460 e. The molecule has 2 aliphatic carbocycles. The van der Waals surface area contributed by atoms with E-state index in [1.807, 2.05) is 6.92 Å². The van der Waals surface area contributed by atoms with Crippen LogP contribution in [0, 0.1) is 17.3 Å². The van der Waals surface area contributed by atoms with Gasteiger partial charge in [-0.05, 0) is 38.0 Å². The molecule has 3 nitrogen and oxygen atoms in total. The van der Waals surface area contributed by atoms with Crippen molar-refractivity contribution in [2.45, 2.75) is 62.0 Å². The first-order valence-electron chi connectivity index (χ1n) is 7.43. The fourth-order valence-corrected chi connectivity index (χ4v) is 6.22. The van der Waals surface area contributed by atoms with E-state index in [9.17, 15) is 9.90 Å². The smallest absolute Gasteiger partial charge is 0.324 e. The van der Waals surface area contributed by atoms with Crippen molar-refractivity contribution in [3.63, 3.8) is 0 Å². The van der Waals surface area contributed by atoms with E-state index < -0.39 is 9.93 Å². The normalized spacial score (nSPS) is 55.0. The molecular formula is C15H22Br2O3. The maximum atomic E-state index is 12.3. The van der Waals surface area contributed by atoms with Gasteiger partial charge in [-0.2, -0.15) is 0 Å². The van der Waals surface area contributed by atoms with Gasteiger partial charge in [-0.15, -0.1) is 0 Å². The molecule has 0 unspecified atom stereocenters. The highest BCUT2D eigenvalue weighted by Gasteiger charge is 2.65. The molecule has 20 heavy (non-hydrogen) atoms. The highest BCUT2D eigenvalue weighted by atomic mass is 79.9. The van der Waals surface area contributed by atoms with Crippen LogP contribution in [0.25, 0.3) is 0 Å². The minimum Gasteiger partial charge on any atom is -0.460 e. The second-order valence-corrected chi connectivity index (χ2v) is 9.33. The SMILES string of the molecule is C[C@]12CCC[C@@](C)(O)[C@@H]1[C@H]1OC(=O)[C@@](Br)(CBr)[C@@H]1CC2. The predicted octanol–water partition coefficient (Wildman–Crippen LogP) is 3.41. The summed E-state index contributed by atoms with van der Waals surface area (Å²) in [5.41, 5.74) is -0.644. The Hall–Kier alpha value is 0.390. The van der Waals surface area contributed by atoms with Gasteiger partial charge in [0.25, 0.3) is 0 Å². The van der Waals surface area contributed by atoms with Crippen LogP contribution >= 0.6 is 31.9 Å². The molecule has 3 rings (SSSR count). The van der Waals surface area contributed by atoms with Crippen LogP contribution in [0.15, 0.2) is 0 Å². The molecule has 0 spiro atoms. The lowest BCUT2D eigenvalue weighted by atomic mass is 9.52. The molecule has 3 aliphatic rings. The first-order chi connectivity index (χ1) is 9.24.